The Morgan fingerprint density at radius 3 is 0.787 bits per heavy atom. The highest BCUT2D eigenvalue weighted by atomic mass is 31.2. The van der Waals surface area contributed by atoms with Crippen LogP contribution in [0.5, 0.6) is 0 Å². The van der Waals surface area contributed by atoms with Crippen LogP contribution in [-0.2, 0) is 65.4 Å². The zero-order valence-electron chi connectivity index (χ0n) is 66.9. The number of esters is 4. The minimum atomic E-state index is -5.01. The highest BCUT2D eigenvalue weighted by Crippen LogP contribution is 2.45. The van der Waals surface area contributed by atoms with Crippen molar-refractivity contribution in [2.24, 2.45) is 0 Å². The van der Waals surface area contributed by atoms with Gasteiger partial charge in [0.2, 0.25) is 0 Å². The van der Waals surface area contributed by atoms with Gasteiger partial charge >= 0.3 is 39.5 Å². The monoisotopic (exact) mass is 1550 g/mol. The molecule has 0 heterocycles. The summed E-state index contributed by atoms with van der Waals surface area (Å²) in [5, 5.41) is 10.7. The van der Waals surface area contributed by atoms with Crippen molar-refractivity contribution < 1.29 is 80.2 Å². The van der Waals surface area contributed by atoms with Gasteiger partial charge in [-0.1, -0.05) is 281 Å². The molecule has 0 aliphatic carbocycles. The zero-order valence-corrected chi connectivity index (χ0v) is 68.7. The van der Waals surface area contributed by atoms with Crippen molar-refractivity contribution >= 4 is 39.5 Å². The molecule has 17 nitrogen and oxygen atoms in total. The summed E-state index contributed by atoms with van der Waals surface area (Å²) in [6.45, 7) is 4.37. The highest BCUT2D eigenvalue weighted by molar-refractivity contribution is 7.47. The molecule has 5 atom stereocenters. The number of hydrogen-bond donors (Lipinski definition) is 3. The van der Waals surface area contributed by atoms with E-state index in [-0.39, 0.29) is 25.7 Å². The van der Waals surface area contributed by atoms with Crippen LogP contribution in [0.2, 0.25) is 0 Å². The van der Waals surface area contributed by atoms with Gasteiger partial charge in [-0.25, -0.2) is 9.13 Å². The van der Waals surface area contributed by atoms with E-state index in [2.05, 4.69) is 198 Å². The lowest BCUT2D eigenvalue weighted by atomic mass is 10.1. The van der Waals surface area contributed by atoms with Gasteiger partial charge < -0.3 is 33.8 Å². The Bertz CT molecular complexity index is 2760. The normalized spacial score (nSPS) is 14.8. The molecular formula is C89H144O17P2. The second kappa shape index (κ2) is 79.3. The number of unbranched alkanes of at least 4 members (excludes halogenated alkanes) is 19. The fraction of sp³-hybridized carbons (Fsp3) is 0.618. The average Bonchev–Trinajstić information content (AvgIpc) is 0.906. The molecule has 0 bridgehead atoms. The number of aliphatic hydroxyl groups excluding tert-OH is 1. The first kappa shape index (κ1) is 102. The van der Waals surface area contributed by atoms with Crippen LogP contribution >= 0.6 is 15.6 Å². The molecule has 0 aromatic carbocycles. The first-order valence-electron chi connectivity index (χ1n) is 41.0. The van der Waals surface area contributed by atoms with E-state index in [1.807, 2.05) is 12.2 Å². The third-order valence-electron chi connectivity index (χ3n) is 16.3. The van der Waals surface area contributed by atoms with Crippen molar-refractivity contribution in [1.82, 2.24) is 0 Å². The van der Waals surface area contributed by atoms with Gasteiger partial charge in [0.05, 0.1) is 26.4 Å². The van der Waals surface area contributed by atoms with E-state index in [1.54, 1.807) is 0 Å². The minimum Gasteiger partial charge on any atom is -0.462 e. The maximum Gasteiger partial charge on any atom is 0.472 e. The minimum absolute atomic E-state index is 0.0597. The molecule has 0 amide bonds. The second-order valence-electron chi connectivity index (χ2n) is 26.6. The van der Waals surface area contributed by atoms with Gasteiger partial charge in [-0.2, -0.15) is 0 Å². The number of carbonyl (C=O) groups excluding carboxylic acids is 4. The van der Waals surface area contributed by atoms with Crippen LogP contribution in [0.15, 0.2) is 182 Å². The molecule has 0 rings (SSSR count). The van der Waals surface area contributed by atoms with E-state index in [1.165, 1.54) is 19.3 Å². The topological polar surface area (TPSA) is 237 Å². The van der Waals surface area contributed by atoms with Gasteiger partial charge in [0.15, 0.2) is 12.2 Å². The van der Waals surface area contributed by atoms with Gasteiger partial charge in [-0.05, 0) is 173 Å². The fourth-order valence-corrected chi connectivity index (χ4v) is 11.8. The largest absolute Gasteiger partial charge is 0.472 e. The molecule has 0 aromatic rings. The Morgan fingerprint density at radius 2 is 0.491 bits per heavy atom. The summed E-state index contributed by atoms with van der Waals surface area (Å²) in [5.41, 5.74) is 0. The Morgan fingerprint density at radius 1 is 0.269 bits per heavy atom. The summed E-state index contributed by atoms with van der Waals surface area (Å²) in [6, 6.07) is 0. The Hall–Kier alpha value is -5.84. The van der Waals surface area contributed by atoms with Crippen molar-refractivity contribution in [2.45, 2.75) is 316 Å². The van der Waals surface area contributed by atoms with Crippen molar-refractivity contribution in [1.29, 1.82) is 0 Å². The molecule has 0 saturated carbocycles. The number of phosphoric ester groups is 2. The molecule has 0 aliphatic heterocycles. The van der Waals surface area contributed by atoms with E-state index >= 15 is 0 Å². The third-order valence-corrected chi connectivity index (χ3v) is 18.2. The summed E-state index contributed by atoms with van der Waals surface area (Å²) in [6.07, 6.45) is 95.8. The molecule has 108 heavy (non-hydrogen) atoms. The van der Waals surface area contributed by atoms with Crippen molar-refractivity contribution in [3.05, 3.63) is 182 Å². The number of allylic oxidation sites excluding steroid dienone is 30. The second-order valence-corrected chi connectivity index (χ2v) is 29.5. The Kier molecular flexibility index (Phi) is 75.0. The van der Waals surface area contributed by atoms with Crippen molar-refractivity contribution in [2.75, 3.05) is 39.6 Å². The summed E-state index contributed by atoms with van der Waals surface area (Å²) in [7, 11) is -10.0. The number of ether oxygens (including phenoxy) is 4. The quantitative estimate of drug-likeness (QED) is 0.0169. The van der Waals surface area contributed by atoms with Crippen LogP contribution in [0.3, 0.4) is 0 Å². The molecule has 0 radical (unpaired) electrons. The number of aliphatic hydroxyl groups is 1. The van der Waals surface area contributed by atoms with Crippen LogP contribution in [-0.4, -0.2) is 96.7 Å². The predicted molar refractivity (Wildman–Crippen MR) is 445 cm³/mol. The summed E-state index contributed by atoms with van der Waals surface area (Å²) < 4.78 is 68.6. The third kappa shape index (κ3) is 78.3. The Balaban J connectivity index is 5.49. The van der Waals surface area contributed by atoms with E-state index in [0.29, 0.717) is 32.1 Å². The van der Waals surface area contributed by atoms with Crippen molar-refractivity contribution in [3.8, 4) is 0 Å². The molecule has 0 aromatic heterocycles. The maximum absolute atomic E-state index is 13.1. The lowest BCUT2D eigenvalue weighted by Gasteiger charge is -2.21. The molecule has 0 fully saturated rings. The van der Waals surface area contributed by atoms with Gasteiger partial charge in [0.25, 0.3) is 0 Å². The smallest absolute Gasteiger partial charge is 0.462 e. The van der Waals surface area contributed by atoms with Crippen LogP contribution in [0.25, 0.3) is 0 Å². The molecular weight excluding hydrogens is 1400 g/mol. The number of rotatable bonds is 75. The SMILES string of the molecule is CC/C=C\C/C=C\C/C=C\C/C=C\C/C=C\CCCCCC(=O)OCC(COP(=O)(O)OCC(O)COP(=O)(O)OCC(COC(=O)CCC/C=C\C/C=C\C/C=C\C/C=C\C/C=C\CC)OC(=O)CCCCCCC/C=C\C/C=C\CCCCC)OC(=O)CCCCCCCCC/C=C\C/C=C\C/C=C\CC. The van der Waals surface area contributed by atoms with Crippen LogP contribution in [0.4, 0.5) is 0 Å². The molecule has 0 saturated heterocycles. The van der Waals surface area contributed by atoms with Gasteiger partial charge in [0, 0.05) is 25.7 Å². The van der Waals surface area contributed by atoms with E-state index in [9.17, 15) is 43.2 Å². The molecule has 5 unspecified atom stereocenters. The first-order valence-corrected chi connectivity index (χ1v) is 44.0. The molecule has 0 aliphatic rings. The number of carbonyl (C=O) groups is 4. The first-order chi connectivity index (χ1) is 52.7. The average molecular weight is 1550 g/mol. The predicted octanol–water partition coefficient (Wildman–Crippen LogP) is 24.3. The summed E-state index contributed by atoms with van der Waals surface area (Å²) in [4.78, 5) is 73.1. The van der Waals surface area contributed by atoms with Gasteiger partial charge in [-0.3, -0.25) is 37.3 Å². The lowest BCUT2D eigenvalue weighted by Crippen LogP contribution is -2.30. The van der Waals surface area contributed by atoms with Crippen LogP contribution in [0.1, 0.15) is 297 Å². The van der Waals surface area contributed by atoms with Crippen LogP contribution < -0.4 is 0 Å². The van der Waals surface area contributed by atoms with Gasteiger partial charge in [-0.15, -0.1) is 0 Å². The fourth-order valence-electron chi connectivity index (χ4n) is 10.2. The van der Waals surface area contributed by atoms with E-state index < -0.39 is 97.5 Å². The molecule has 0 spiro atoms. The molecule has 612 valence electrons. The number of phosphoric acid groups is 2. The van der Waals surface area contributed by atoms with E-state index in [0.717, 1.165) is 193 Å². The summed E-state index contributed by atoms with van der Waals surface area (Å²) >= 11 is 0. The van der Waals surface area contributed by atoms with Gasteiger partial charge in [0.1, 0.15) is 19.3 Å². The standard InChI is InChI=1S/C89H144O17P2/c1-5-9-13-17-21-25-29-33-37-40-41-44-47-50-54-58-62-66-70-74-87(92)100-80-85(106-89(94)76-72-68-64-60-56-52-48-43-39-35-31-27-23-19-15-11-7-3)82-104-108(97,98)102-78-83(90)77-101-107(95,96)103-81-84(105-88(93)75-71-67-63-59-55-51-45-36-32-28-24-20-16-12-8-4)79-99-86(91)73-69-65-61-57-53-49-46-42-38-34-30-26-22-18-14-10-6-2/h9-11,13-15,21-28,33-39,41,44-46,49-50,54,57,61,83-85,90H,5-8,12,16-20,29-32,40,42-43,47-48,51-53,55-56,58-60,62-82H2,1-4H3,(H,95,96)(H,97,98)/b13-9-,14-10-,15-11-,25-21-,26-22-,27-23-,28-24-,37-33-,38-34-,39-35-,44-41-,45-36-,49-46-,54-50-,61-57-. The Labute approximate surface area is 654 Å². The zero-order chi connectivity index (χ0) is 78.9. The summed E-state index contributed by atoms with van der Waals surface area (Å²) in [5.74, 6) is -2.32. The maximum atomic E-state index is 13.1. The number of hydrogen-bond acceptors (Lipinski definition) is 15. The van der Waals surface area contributed by atoms with Crippen LogP contribution in [0, 0.1) is 0 Å². The molecule has 3 N–H and O–H groups in total. The lowest BCUT2D eigenvalue weighted by molar-refractivity contribution is -0.161. The molecule has 19 heteroatoms. The highest BCUT2D eigenvalue weighted by Gasteiger charge is 2.30. The van der Waals surface area contributed by atoms with E-state index in [4.69, 9.17) is 37.0 Å². The van der Waals surface area contributed by atoms with Crippen molar-refractivity contribution in [3.63, 3.8) is 0 Å².